The number of carbonyl (C=O) groups is 1. The van der Waals surface area contributed by atoms with Crippen molar-refractivity contribution in [3.63, 3.8) is 0 Å². The first-order valence-corrected chi connectivity index (χ1v) is 11.3. The number of hydrogen-bond acceptors (Lipinski definition) is 6. The van der Waals surface area contributed by atoms with Crippen molar-refractivity contribution in [2.75, 3.05) is 56.1 Å². The van der Waals surface area contributed by atoms with E-state index in [2.05, 4.69) is 40.4 Å². The third kappa shape index (κ3) is 5.02. The molecule has 2 aromatic carbocycles. The SMILES string of the molecule is CN1CCN(c2ccccc2CNC(=O)C2CCN(c3ccccc3[N+](=O)[O-])CC2)CC1. The quantitative estimate of drug-likeness (QED) is 0.553. The van der Waals surface area contributed by atoms with Crippen LogP contribution >= 0.6 is 0 Å². The van der Waals surface area contributed by atoms with Crippen LogP contribution in [-0.2, 0) is 11.3 Å². The lowest BCUT2D eigenvalue weighted by molar-refractivity contribution is -0.384. The summed E-state index contributed by atoms with van der Waals surface area (Å²) < 4.78 is 0. The lowest BCUT2D eigenvalue weighted by atomic mass is 9.95. The highest BCUT2D eigenvalue weighted by atomic mass is 16.6. The molecule has 2 aliphatic heterocycles. The van der Waals surface area contributed by atoms with Gasteiger partial charge in [0.15, 0.2) is 0 Å². The first-order valence-electron chi connectivity index (χ1n) is 11.3. The Bertz CT molecular complexity index is 950. The molecule has 2 aromatic rings. The van der Waals surface area contributed by atoms with Crippen molar-refractivity contribution in [3.8, 4) is 0 Å². The van der Waals surface area contributed by atoms with Gasteiger partial charge in [-0.25, -0.2) is 0 Å². The average Bonchev–Trinajstić information content (AvgIpc) is 2.83. The zero-order chi connectivity index (χ0) is 22.5. The Morgan fingerprint density at radius 1 is 0.938 bits per heavy atom. The molecular weight excluding hydrogens is 406 g/mol. The van der Waals surface area contributed by atoms with E-state index in [1.807, 2.05) is 17.0 Å². The van der Waals surface area contributed by atoms with Crippen LogP contribution < -0.4 is 15.1 Å². The summed E-state index contributed by atoms with van der Waals surface area (Å²) in [5.74, 6) is 0.00482. The van der Waals surface area contributed by atoms with E-state index < -0.39 is 0 Å². The predicted octanol–water partition coefficient (Wildman–Crippen LogP) is 2.88. The minimum Gasteiger partial charge on any atom is -0.369 e. The average molecular weight is 438 g/mol. The number of hydrogen-bond donors (Lipinski definition) is 1. The molecule has 2 fully saturated rings. The van der Waals surface area contributed by atoms with Gasteiger partial charge >= 0.3 is 0 Å². The van der Waals surface area contributed by atoms with Crippen LogP contribution in [0.25, 0.3) is 0 Å². The molecule has 8 heteroatoms. The van der Waals surface area contributed by atoms with Crippen LogP contribution in [0.2, 0.25) is 0 Å². The van der Waals surface area contributed by atoms with E-state index in [1.54, 1.807) is 12.1 Å². The van der Waals surface area contributed by atoms with Crippen LogP contribution in [0, 0.1) is 16.0 Å². The fourth-order valence-corrected chi connectivity index (χ4v) is 4.61. The molecule has 0 spiro atoms. The molecule has 0 atom stereocenters. The maximum absolute atomic E-state index is 12.9. The van der Waals surface area contributed by atoms with E-state index in [9.17, 15) is 14.9 Å². The summed E-state index contributed by atoms with van der Waals surface area (Å²) in [6.45, 7) is 5.86. The Balaban J connectivity index is 1.32. The fourth-order valence-electron chi connectivity index (χ4n) is 4.61. The Kier molecular flexibility index (Phi) is 6.90. The zero-order valence-electron chi connectivity index (χ0n) is 18.6. The number of nitro groups is 1. The summed E-state index contributed by atoms with van der Waals surface area (Å²) in [5.41, 5.74) is 3.10. The van der Waals surface area contributed by atoms with E-state index in [1.165, 1.54) is 11.8 Å². The molecule has 0 aliphatic carbocycles. The molecule has 8 nitrogen and oxygen atoms in total. The van der Waals surface area contributed by atoms with Crippen LogP contribution in [0.3, 0.4) is 0 Å². The third-order valence-corrected chi connectivity index (χ3v) is 6.57. The van der Waals surface area contributed by atoms with Gasteiger partial charge in [-0.15, -0.1) is 0 Å². The summed E-state index contributed by atoms with van der Waals surface area (Å²) in [6.07, 6.45) is 1.38. The third-order valence-electron chi connectivity index (χ3n) is 6.57. The van der Waals surface area contributed by atoms with Crippen molar-refractivity contribution in [2.45, 2.75) is 19.4 Å². The molecule has 4 rings (SSSR count). The molecule has 2 aliphatic rings. The zero-order valence-corrected chi connectivity index (χ0v) is 18.6. The Morgan fingerprint density at radius 3 is 2.22 bits per heavy atom. The second-order valence-corrected chi connectivity index (χ2v) is 8.64. The van der Waals surface area contributed by atoms with E-state index in [4.69, 9.17) is 0 Å². The first-order chi connectivity index (χ1) is 15.5. The highest BCUT2D eigenvalue weighted by molar-refractivity contribution is 5.79. The van der Waals surface area contributed by atoms with Gasteiger partial charge in [0.05, 0.1) is 4.92 Å². The van der Waals surface area contributed by atoms with Gasteiger partial charge in [0, 0.05) is 63.5 Å². The fraction of sp³-hybridized carbons (Fsp3) is 0.458. The molecule has 0 bridgehead atoms. The minimum absolute atomic E-state index is 0.0650. The molecule has 170 valence electrons. The predicted molar refractivity (Wildman–Crippen MR) is 126 cm³/mol. The van der Waals surface area contributed by atoms with Crippen molar-refractivity contribution in [1.29, 1.82) is 0 Å². The molecular formula is C24H31N5O3. The Morgan fingerprint density at radius 2 is 1.53 bits per heavy atom. The molecule has 0 saturated carbocycles. The van der Waals surface area contributed by atoms with Gasteiger partial charge in [0.25, 0.3) is 5.69 Å². The number of amides is 1. The number of carbonyl (C=O) groups excluding carboxylic acids is 1. The smallest absolute Gasteiger partial charge is 0.292 e. The summed E-state index contributed by atoms with van der Waals surface area (Å²) in [7, 11) is 2.14. The number of rotatable bonds is 6. The number of nitrogens with one attached hydrogen (secondary N) is 1. The highest BCUT2D eigenvalue weighted by Crippen LogP contribution is 2.31. The standard InChI is InChI=1S/C24H31N5O3/c1-26-14-16-28(17-15-26)21-7-3-2-6-20(21)18-25-24(30)19-10-12-27(13-11-19)22-8-4-5-9-23(22)29(31)32/h2-9,19H,10-18H2,1H3,(H,25,30). The van der Waals surface area contributed by atoms with E-state index in [0.29, 0.717) is 38.2 Å². The second-order valence-electron chi connectivity index (χ2n) is 8.64. The van der Waals surface area contributed by atoms with Gasteiger partial charge < -0.3 is 20.0 Å². The van der Waals surface area contributed by atoms with Crippen molar-refractivity contribution < 1.29 is 9.72 Å². The van der Waals surface area contributed by atoms with Crippen LogP contribution in [-0.4, -0.2) is 62.0 Å². The molecule has 2 saturated heterocycles. The normalized spacial score (nSPS) is 17.9. The summed E-state index contributed by atoms with van der Waals surface area (Å²) in [5, 5.41) is 14.5. The number of para-hydroxylation sites is 3. The van der Waals surface area contributed by atoms with Crippen molar-refractivity contribution in [1.82, 2.24) is 10.2 Å². The topological polar surface area (TPSA) is 82.0 Å². The maximum atomic E-state index is 12.9. The lowest BCUT2D eigenvalue weighted by Gasteiger charge is -2.35. The number of nitrogens with zero attached hydrogens (tertiary/aromatic N) is 4. The Labute approximate surface area is 189 Å². The molecule has 0 aromatic heterocycles. The van der Waals surface area contributed by atoms with Gasteiger partial charge in [-0.3, -0.25) is 14.9 Å². The van der Waals surface area contributed by atoms with Gasteiger partial charge in [0.2, 0.25) is 5.91 Å². The van der Waals surface area contributed by atoms with E-state index in [0.717, 1.165) is 31.7 Å². The minimum atomic E-state index is -0.341. The van der Waals surface area contributed by atoms with E-state index in [-0.39, 0.29) is 22.4 Å². The molecule has 0 unspecified atom stereocenters. The number of likely N-dealkylation sites (N-methyl/N-ethyl adjacent to an activating group) is 1. The van der Waals surface area contributed by atoms with Crippen LogP contribution in [0.5, 0.6) is 0 Å². The van der Waals surface area contributed by atoms with Crippen LogP contribution in [0.1, 0.15) is 18.4 Å². The largest absolute Gasteiger partial charge is 0.369 e. The monoisotopic (exact) mass is 437 g/mol. The second kappa shape index (κ2) is 9.99. The summed E-state index contributed by atoms with van der Waals surface area (Å²) in [4.78, 5) is 30.6. The lowest BCUT2D eigenvalue weighted by Crippen LogP contribution is -2.45. The van der Waals surface area contributed by atoms with Crippen LogP contribution in [0.4, 0.5) is 17.1 Å². The molecule has 32 heavy (non-hydrogen) atoms. The summed E-state index contributed by atoms with van der Waals surface area (Å²) in [6, 6.07) is 15.1. The molecule has 2 heterocycles. The molecule has 1 amide bonds. The first kappa shape index (κ1) is 22.1. The summed E-state index contributed by atoms with van der Waals surface area (Å²) >= 11 is 0. The number of piperazine rings is 1. The maximum Gasteiger partial charge on any atom is 0.292 e. The highest BCUT2D eigenvalue weighted by Gasteiger charge is 2.28. The van der Waals surface area contributed by atoms with Crippen molar-refractivity contribution >= 4 is 23.0 Å². The molecule has 0 radical (unpaired) electrons. The molecule has 1 N–H and O–H groups in total. The van der Waals surface area contributed by atoms with Gasteiger partial charge in [0.1, 0.15) is 5.69 Å². The number of nitro benzene ring substituents is 1. The Hall–Kier alpha value is -3.13. The van der Waals surface area contributed by atoms with E-state index >= 15 is 0 Å². The van der Waals surface area contributed by atoms with Crippen molar-refractivity contribution in [3.05, 3.63) is 64.2 Å². The number of piperidine rings is 1. The van der Waals surface area contributed by atoms with Crippen molar-refractivity contribution in [2.24, 2.45) is 5.92 Å². The van der Waals surface area contributed by atoms with Crippen LogP contribution in [0.15, 0.2) is 48.5 Å². The number of benzene rings is 2. The number of anilines is 2. The van der Waals surface area contributed by atoms with Gasteiger partial charge in [-0.1, -0.05) is 30.3 Å². The van der Waals surface area contributed by atoms with Gasteiger partial charge in [-0.2, -0.15) is 0 Å². The van der Waals surface area contributed by atoms with Gasteiger partial charge in [-0.05, 0) is 37.6 Å².